The molecule has 1 fully saturated rings. The van der Waals surface area contributed by atoms with Gasteiger partial charge in [0, 0.05) is 27.8 Å². The molecule has 2 aromatic carbocycles. The Labute approximate surface area is 204 Å². The van der Waals surface area contributed by atoms with Gasteiger partial charge in [0.2, 0.25) is 0 Å². The number of aromatic nitrogens is 1. The molecule has 0 saturated carbocycles. The summed E-state index contributed by atoms with van der Waals surface area (Å²) in [5, 5.41) is 4.39. The van der Waals surface area contributed by atoms with Gasteiger partial charge in [-0.05, 0) is 63.2 Å². The topological polar surface area (TPSA) is 49.8 Å². The molecule has 7 heteroatoms. The molecule has 0 spiro atoms. The molecule has 2 aliphatic rings. The molecular formula is C26H28N4OS2. The van der Waals surface area contributed by atoms with Gasteiger partial charge in [-0.25, -0.2) is 4.98 Å². The molecule has 0 amide bonds. The Hall–Kier alpha value is -2.48. The zero-order valence-electron chi connectivity index (χ0n) is 18.7. The van der Waals surface area contributed by atoms with Crippen LogP contribution < -0.4 is 10.1 Å². The molecule has 1 N–H and O–H groups in total. The maximum atomic E-state index is 6.25. The van der Waals surface area contributed by atoms with Crippen molar-refractivity contribution in [2.75, 3.05) is 31.2 Å². The van der Waals surface area contributed by atoms with Gasteiger partial charge in [0.1, 0.15) is 5.75 Å². The van der Waals surface area contributed by atoms with E-state index in [2.05, 4.69) is 35.5 Å². The van der Waals surface area contributed by atoms with Gasteiger partial charge in [0.05, 0.1) is 6.04 Å². The average molecular weight is 477 g/mol. The van der Waals surface area contributed by atoms with E-state index in [0.717, 1.165) is 21.6 Å². The van der Waals surface area contributed by atoms with Crippen molar-refractivity contribution in [1.82, 2.24) is 9.88 Å². The molecule has 1 unspecified atom stereocenters. The largest absolute Gasteiger partial charge is 0.453 e. The first-order valence-electron chi connectivity index (χ1n) is 11.3. The minimum Gasteiger partial charge on any atom is -0.453 e. The van der Waals surface area contributed by atoms with Crippen LogP contribution in [0.2, 0.25) is 0 Å². The third-order valence-electron chi connectivity index (χ3n) is 5.98. The number of para-hydroxylation sites is 1. The van der Waals surface area contributed by atoms with Crippen LogP contribution >= 0.6 is 23.5 Å². The normalized spacial score (nSPS) is 19.3. The molecule has 1 saturated heterocycles. The Morgan fingerprint density at radius 2 is 1.73 bits per heavy atom. The van der Waals surface area contributed by atoms with Crippen molar-refractivity contribution in [2.24, 2.45) is 10.9 Å². The van der Waals surface area contributed by atoms with Crippen molar-refractivity contribution < 1.29 is 4.74 Å². The standard InChI is InChI=1S/C26H28N4OS2/c1-30-14-12-19(13-15-30)23-18-32-26(28-23)29-25-24(31-20-8-4-2-5-9-20)16-22(17-27-25)33-21-10-6-3-7-11-21/h2-11,16-17,19,23H,12-15,18H2,1H3,(H,27,28,29). The number of ether oxygens (including phenoxy) is 1. The van der Waals surface area contributed by atoms with E-state index in [1.54, 1.807) is 23.5 Å². The third kappa shape index (κ3) is 5.91. The van der Waals surface area contributed by atoms with Gasteiger partial charge in [0.25, 0.3) is 0 Å². The Morgan fingerprint density at radius 1 is 1.00 bits per heavy atom. The van der Waals surface area contributed by atoms with Crippen molar-refractivity contribution in [3.05, 3.63) is 72.9 Å². The van der Waals surface area contributed by atoms with Crippen LogP contribution in [-0.4, -0.2) is 47.0 Å². The lowest BCUT2D eigenvalue weighted by atomic mass is 9.91. The average Bonchev–Trinajstić information content (AvgIpc) is 3.31. The molecule has 33 heavy (non-hydrogen) atoms. The quantitative estimate of drug-likeness (QED) is 0.454. The van der Waals surface area contributed by atoms with Crippen molar-refractivity contribution in [3.8, 4) is 11.5 Å². The van der Waals surface area contributed by atoms with Crippen LogP contribution in [0.1, 0.15) is 12.8 Å². The molecule has 0 aliphatic carbocycles. The molecule has 1 atom stereocenters. The van der Waals surface area contributed by atoms with Gasteiger partial charge < -0.3 is 15.0 Å². The van der Waals surface area contributed by atoms with E-state index in [1.165, 1.54) is 30.8 Å². The Bertz CT molecular complexity index is 1090. The first-order valence-corrected chi connectivity index (χ1v) is 13.2. The number of benzene rings is 2. The van der Waals surface area contributed by atoms with Crippen LogP contribution in [0.4, 0.5) is 5.82 Å². The summed E-state index contributed by atoms with van der Waals surface area (Å²) in [7, 11) is 2.20. The predicted molar refractivity (Wildman–Crippen MR) is 139 cm³/mol. The van der Waals surface area contributed by atoms with Crippen LogP contribution in [0.25, 0.3) is 0 Å². The lowest BCUT2D eigenvalue weighted by molar-refractivity contribution is 0.205. The van der Waals surface area contributed by atoms with Crippen molar-refractivity contribution >= 4 is 34.5 Å². The number of nitrogens with one attached hydrogen (secondary N) is 1. The van der Waals surface area contributed by atoms with Crippen LogP contribution in [0.5, 0.6) is 11.5 Å². The number of aliphatic imine (C=N–C) groups is 1. The van der Waals surface area contributed by atoms with Crippen LogP contribution in [0.15, 0.2) is 87.7 Å². The first kappa shape index (κ1) is 22.3. The Morgan fingerprint density at radius 3 is 2.48 bits per heavy atom. The highest BCUT2D eigenvalue weighted by molar-refractivity contribution is 8.14. The van der Waals surface area contributed by atoms with Crippen LogP contribution in [-0.2, 0) is 0 Å². The van der Waals surface area contributed by atoms with Gasteiger partial charge in [-0.2, -0.15) is 0 Å². The van der Waals surface area contributed by atoms with E-state index in [0.29, 0.717) is 23.5 Å². The summed E-state index contributed by atoms with van der Waals surface area (Å²) < 4.78 is 6.25. The fourth-order valence-electron chi connectivity index (χ4n) is 4.11. The van der Waals surface area contributed by atoms with Gasteiger partial charge in [-0.15, -0.1) is 0 Å². The molecule has 170 valence electrons. The fraction of sp³-hybridized carbons (Fsp3) is 0.308. The molecule has 3 aromatic rings. The van der Waals surface area contributed by atoms with Gasteiger partial charge in [-0.3, -0.25) is 4.99 Å². The number of thioether (sulfide) groups is 1. The van der Waals surface area contributed by atoms with E-state index in [9.17, 15) is 0 Å². The zero-order chi connectivity index (χ0) is 22.5. The molecule has 1 aromatic heterocycles. The molecule has 5 nitrogen and oxygen atoms in total. The second-order valence-corrected chi connectivity index (χ2v) is 10.6. The highest BCUT2D eigenvalue weighted by atomic mass is 32.2. The first-order chi connectivity index (χ1) is 16.2. The summed E-state index contributed by atoms with van der Waals surface area (Å²) in [6, 6.07) is 22.6. The lowest BCUT2D eigenvalue weighted by Gasteiger charge is -2.30. The number of hydrogen-bond donors (Lipinski definition) is 1. The minimum atomic E-state index is 0.387. The van der Waals surface area contributed by atoms with Crippen molar-refractivity contribution in [3.63, 3.8) is 0 Å². The smallest absolute Gasteiger partial charge is 0.175 e. The number of nitrogens with zero attached hydrogens (tertiary/aromatic N) is 3. The number of likely N-dealkylation sites (tertiary alicyclic amines) is 1. The Kier molecular flexibility index (Phi) is 7.19. The van der Waals surface area contributed by atoms with Gasteiger partial charge >= 0.3 is 0 Å². The SMILES string of the molecule is CN1CCC(C2CSC(Nc3ncc(Sc4ccccc4)cc3Oc3ccccc3)=N2)CC1. The van der Waals surface area contributed by atoms with E-state index in [4.69, 9.17) is 14.7 Å². The van der Waals surface area contributed by atoms with E-state index in [-0.39, 0.29) is 0 Å². The summed E-state index contributed by atoms with van der Waals surface area (Å²) >= 11 is 3.46. The summed E-state index contributed by atoms with van der Waals surface area (Å²) in [5.41, 5.74) is 0. The number of hydrogen-bond acceptors (Lipinski definition) is 7. The number of piperidine rings is 1. The number of rotatable bonds is 6. The summed E-state index contributed by atoms with van der Waals surface area (Å²) in [6.45, 7) is 2.34. The molecule has 5 rings (SSSR count). The number of amidine groups is 1. The monoisotopic (exact) mass is 476 g/mol. The van der Waals surface area contributed by atoms with E-state index < -0.39 is 0 Å². The second-order valence-electron chi connectivity index (χ2n) is 8.43. The van der Waals surface area contributed by atoms with Crippen LogP contribution in [0, 0.1) is 5.92 Å². The highest BCUT2D eigenvalue weighted by Crippen LogP contribution is 2.36. The highest BCUT2D eigenvalue weighted by Gasteiger charge is 2.29. The molecule has 3 heterocycles. The van der Waals surface area contributed by atoms with Gasteiger partial charge in [-0.1, -0.05) is 59.9 Å². The molecular weight excluding hydrogens is 448 g/mol. The molecule has 0 bridgehead atoms. The number of anilines is 1. The van der Waals surface area contributed by atoms with E-state index >= 15 is 0 Å². The summed E-state index contributed by atoms with van der Waals surface area (Å²) in [6.07, 6.45) is 4.35. The fourth-order valence-corrected chi connectivity index (χ4v) is 6.00. The van der Waals surface area contributed by atoms with Crippen molar-refractivity contribution in [2.45, 2.75) is 28.7 Å². The third-order valence-corrected chi connectivity index (χ3v) is 7.94. The van der Waals surface area contributed by atoms with E-state index in [1.807, 2.05) is 54.7 Å². The predicted octanol–water partition coefficient (Wildman–Crippen LogP) is 6.25. The maximum Gasteiger partial charge on any atom is 0.175 e. The Balaban J connectivity index is 1.35. The minimum absolute atomic E-state index is 0.387. The summed E-state index contributed by atoms with van der Waals surface area (Å²) in [5.74, 6) is 3.90. The van der Waals surface area contributed by atoms with Gasteiger partial charge in [0.15, 0.2) is 16.7 Å². The second kappa shape index (κ2) is 10.6. The number of pyridine rings is 1. The zero-order valence-corrected chi connectivity index (χ0v) is 20.3. The molecule has 0 radical (unpaired) electrons. The van der Waals surface area contributed by atoms with Crippen LogP contribution in [0.3, 0.4) is 0 Å². The summed E-state index contributed by atoms with van der Waals surface area (Å²) in [4.78, 5) is 14.4. The molecule has 2 aliphatic heterocycles. The van der Waals surface area contributed by atoms with Crippen molar-refractivity contribution in [1.29, 1.82) is 0 Å². The maximum absolute atomic E-state index is 6.25. The lowest BCUT2D eigenvalue weighted by Crippen LogP contribution is -2.35.